The van der Waals surface area contributed by atoms with E-state index in [4.69, 9.17) is 9.84 Å². The van der Waals surface area contributed by atoms with Gasteiger partial charge in [0, 0.05) is 24.6 Å². The molecular weight excluding hydrogens is 322 g/mol. The van der Waals surface area contributed by atoms with Gasteiger partial charge in [-0.3, -0.25) is 10.1 Å². The number of aliphatic hydroxyl groups excluding tert-OH is 1. The van der Waals surface area contributed by atoms with Crippen LogP contribution in [0.25, 0.3) is 21.8 Å². The van der Waals surface area contributed by atoms with Gasteiger partial charge in [0.05, 0.1) is 28.8 Å². The zero-order valence-electron chi connectivity index (χ0n) is 14.1. The zero-order chi connectivity index (χ0) is 18.0. The maximum atomic E-state index is 11.6. The third-order valence-electron chi connectivity index (χ3n) is 4.15. The lowest BCUT2D eigenvalue weighted by Crippen LogP contribution is -2.06. The lowest BCUT2D eigenvalue weighted by molar-refractivity contribution is -0.383. The molecule has 0 saturated heterocycles. The maximum absolute atomic E-state index is 11.6. The minimum Gasteiger partial charge on any atom is -0.497 e. The number of nitrogens with zero attached hydrogens (tertiary/aromatic N) is 2. The summed E-state index contributed by atoms with van der Waals surface area (Å²) in [4.78, 5) is 15.8. The van der Waals surface area contributed by atoms with Crippen LogP contribution >= 0.6 is 0 Å². The molecule has 7 nitrogen and oxygen atoms in total. The Labute approximate surface area is 144 Å². The highest BCUT2D eigenvalue weighted by Crippen LogP contribution is 2.39. The molecule has 2 N–H and O–H groups in total. The van der Waals surface area contributed by atoms with Gasteiger partial charge in [0.1, 0.15) is 11.1 Å². The highest BCUT2D eigenvalue weighted by Gasteiger charge is 2.20. The third kappa shape index (κ3) is 3.06. The number of hydrogen-bond acceptors (Lipinski definition) is 6. The van der Waals surface area contributed by atoms with Crippen molar-refractivity contribution in [3.05, 3.63) is 46.0 Å². The predicted molar refractivity (Wildman–Crippen MR) is 97.4 cm³/mol. The molecule has 0 radical (unpaired) electrons. The molecule has 0 spiro atoms. The number of fused-ring (bicyclic) bond motifs is 2. The molecule has 2 aromatic carbocycles. The van der Waals surface area contributed by atoms with Crippen molar-refractivity contribution in [2.75, 3.05) is 25.6 Å². The van der Waals surface area contributed by atoms with Crippen LogP contribution in [0.2, 0.25) is 0 Å². The summed E-state index contributed by atoms with van der Waals surface area (Å²) in [6.45, 7) is 2.41. The second-order valence-corrected chi connectivity index (χ2v) is 5.76. The summed E-state index contributed by atoms with van der Waals surface area (Å²) in [5, 5.41) is 25.1. The van der Waals surface area contributed by atoms with Crippen molar-refractivity contribution in [2.24, 2.45) is 0 Å². The van der Waals surface area contributed by atoms with E-state index in [2.05, 4.69) is 10.3 Å². The fourth-order valence-electron chi connectivity index (χ4n) is 2.90. The number of benzene rings is 2. The predicted octanol–water partition coefficient (Wildman–Crippen LogP) is 3.41. The van der Waals surface area contributed by atoms with Gasteiger partial charge in [0.15, 0.2) is 0 Å². The minimum atomic E-state index is -0.396. The number of hydrogen-bond donors (Lipinski definition) is 2. The first kappa shape index (κ1) is 16.9. The number of ether oxygens (including phenoxy) is 1. The number of pyridine rings is 1. The molecule has 3 aromatic rings. The third-order valence-corrected chi connectivity index (χ3v) is 4.15. The first-order valence-electron chi connectivity index (χ1n) is 7.97. The van der Waals surface area contributed by atoms with Crippen molar-refractivity contribution in [1.82, 2.24) is 4.98 Å². The Balaban J connectivity index is 2.40. The Hall–Kier alpha value is -2.93. The smallest absolute Gasteiger partial charge is 0.280 e. The highest BCUT2D eigenvalue weighted by molar-refractivity contribution is 6.12. The van der Waals surface area contributed by atoms with E-state index in [1.165, 1.54) is 6.07 Å². The molecule has 25 heavy (non-hydrogen) atoms. The number of nitro benzene ring substituents is 1. The molecule has 1 heterocycles. The van der Waals surface area contributed by atoms with Crippen LogP contribution in [-0.4, -0.2) is 35.3 Å². The molecule has 0 bridgehead atoms. The summed E-state index contributed by atoms with van der Waals surface area (Å²) in [5.74, 6) is 0.647. The molecule has 0 unspecified atom stereocenters. The van der Waals surface area contributed by atoms with E-state index in [1.807, 2.05) is 25.1 Å². The van der Waals surface area contributed by atoms with Gasteiger partial charge in [-0.1, -0.05) is 6.07 Å². The van der Waals surface area contributed by atoms with E-state index >= 15 is 0 Å². The SMILES string of the molecule is COc1ccc2nc3c(C)ccc([N+](=O)[O-])c3c(NCCCO)c2c1. The second-order valence-electron chi connectivity index (χ2n) is 5.76. The molecule has 0 saturated carbocycles. The van der Waals surface area contributed by atoms with Crippen LogP contribution in [0.5, 0.6) is 5.75 Å². The number of rotatable bonds is 6. The number of methoxy groups -OCH3 is 1. The van der Waals surface area contributed by atoms with Crippen molar-refractivity contribution < 1.29 is 14.8 Å². The molecule has 0 aliphatic rings. The fourth-order valence-corrected chi connectivity index (χ4v) is 2.90. The highest BCUT2D eigenvalue weighted by atomic mass is 16.6. The summed E-state index contributed by atoms with van der Waals surface area (Å²) in [6, 6.07) is 8.67. The van der Waals surface area contributed by atoms with E-state index in [0.29, 0.717) is 35.3 Å². The first-order chi connectivity index (χ1) is 12.1. The topological polar surface area (TPSA) is 97.5 Å². The molecule has 0 aliphatic carbocycles. The first-order valence-corrected chi connectivity index (χ1v) is 7.97. The Kier molecular flexibility index (Phi) is 4.67. The minimum absolute atomic E-state index is 0.00400. The number of aliphatic hydroxyl groups is 1. The molecule has 3 rings (SSSR count). The zero-order valence-corrected chi connectivity index (χ0v) is 14.1. The van der Waals surface area contributed by atoms with Gasteiger partial charge in [-0.05, 0) is 37.1 Å². The fraction of sp³-hybridized carbons (Fsp3) is 0.278. The largest absolute Gasteiger partial charge is 0.497 e. The summed E-state index contributed by atoms with van der Waals surface area (Å²) in [6.07, 6.45) is 0.537. The Morgan fingerprint density at radius 3 is 2.80 bits per heavy atom. The van der Waals surface area contributed by atoms with Gasteiger partial charge >= 0.3 is 0 Å². The molecule has 0 atom stereocenters. The second kappa shape index (κ2) is 6.90. The Morgan fingerprint density at radius 2 is 2.12 bits per heavy atom. The molecule has 1 aromatic heterocycles. The van der Waals surface area contributed by atoms with E-state index in [0.717, 1.165) is 16.5 Å². The number of anilines is 1. The van der Waals surface area contributed by atoms with Crippen LogP contribution in [-0.2, 0) is 0 Å². The van der Waals surface area contributed by atoms with Crippen LogP contribution in [0.15, 0.2) is 30.3 Å². The number of aromatic nitrogens is 1. The van der Waals surface area contributed by atoms with Crippen LogP contribution < -0.4 is 10.1 Å². The van der Waals surface area contributed by atoms with Crippen molar-refractivity contribution in [3.63, 3.8) is 0 Å². The molecule has 130 valence electrons. The average molecular weight is 341 g/mol. The molecule has 7 heteroatoms. The molecular formula is C18H19N3O4. The van der Waals surface area contributed by atoms with Crippen LogP contribution in [0, 0.1) is 17.0 Å². The van der Waals surface area contributed by atoms with Gasteiger partial charge in [0.25, 0.3) is 5.69 Å². The van der Waals surface area contributed by atoms with Crippen LogP contribution in [0.1, 0.15) is 12.0 Å². The number of non-ortho nitro benzene ring substituents is 1. The van der Waals surface area contributed by atoms with Gasteiger partial charge in [-0.15, -0.1) is 0 Å². The van der Waals surface area contributed by atoms with Crippen molar-refractivity contribution in [1.29, 1.82) is 0 Å². The average Bonchev–Trinajstić information content (AvgIpc) is 2.61. The van der Waals surface area contributed by atoms with Crippen molar-refractivity contribution in [3.8, 4) is 5.75 Å². The number of nitrogens with one attached hydrogen (secondary N) is 1. The van der Waals surface area contributed by atoms with Gasteiger partial charge < -0.3 is 15.2 Å². The molecule has 0 aliphatic heterocycles. The quantitative estimate of drug-likeness (QED) is 0.309. The summed E-state index contributed by atoms with van der Waals surface area (Å²) in [7, 11) is 1.57. The van der Waals surface area contributed by atoms with E-state index in [1.54, 1.807) is 13.2 Å². The van der Waals surface area contributed by atoms with E-state index < -0.39 is 4.92 Å². The normalized spacial score (nSPS) is 11.0. The monoisotopic (exact) mass is 341 g/mol. The van der Waals surface area contributed by atoms with Crippen LogP contribution in [0.3, 0.4) is 0 Å². The Morgan fingerprint density at radius 1 is 1.32 bits per heavy atom. The maximum Gasteiger partial charge on any atom is 0.280 e. The van der Waals surface area contributed by atoms with Gasteiger partial charge in [-0.2, -0.15) is 0 Å². The van der Waals surface area contributed by atoms with Crippen LogP contribution in [0.4, 0.5) is 11.4 Å². The lowest BCUT2D eigenvalue weighted by atomic mass is 10.0. The number of aryl methyl sites for hydroxylation is 1. The van der Waals surface area contributed by atoms with Gasteiger partial charge in [0.2, 0.25) is 0 Å². The van der Waals surface area contributed by atoms with Crippen molar-refractivity contribution >= 4 is 33.2 Å². The lowest BCUT2D eigenvalue weighted by Gasteiger charge is -2.15. The van der Waals surface area contributed by atoms with Crippen molar-refractivity contribution in [2.45, 2.75) is 13.3 Å². The summed E-state index contributed by atoms with van der Waals surface area (Å²) < 4.78 is 5.29. The summed E-state index contributed by atoms with van der Waals surface area (Å²) in [5.41, 5.74) is 2.83. The Bertz CT molecular complexity index is 956. The summed E-state index contributed by atoms with van der Waals surface area (Å²) >= 11 is 0. The van der Waals surface area contributed by atoms with E-state index in [-0.39, 0.29) is 12.3 Å². The standard InChI is InChI=1S/C18H19N3O4/c1-11-4-7-15(21(23)24)16-17(11)20-14-6-5-12(25-2)10-13(14)18(16)19-8-3-9-22/h4-7,10,22H,3,8-9H2,1-2H3,(H,19,20). The van der Waals surface area contributed by atoms with Gasteiger partial charge in [-0.25, -0.2) is 4.98 Å². The number of nitro groups is 1. The molecule has 0 amide bonds. The molecule has 0 fully saturated rings. The van der Waals surface area contributed by atoms with E-state index in [9.17, 15) is 10.1 Å².